The van der Waals surface area contributed by atoms with Crippen LogP contribution in [0.4, 0.5) is 4.39 Å². The fourth-order valence-electron chi connectivity index (χ4n) is 1.38. The van der Waals surface area contributed by atoms with E-state index < -0.39 is 5.97 Å². The molecule has 88 valence electrons. The number of carbonyl (C=O) groups excluding carboxylic acids is 1. The molecule has 17 heavy (non-hydrogen) atoms. The number of aromatic nitrogens is 3. The van der Waals surface area contributed by atoms with Crippen molar-refractivity contribution in [1.29, 1.82) is 0 Å². The van der Waals surface area contributed by atoms with Crippen LogP contribution in [0.1, 0.15) is 16.2 Å². The number of hydrogen-bond donors (Lipinski definition) is 0. The Kier molecular flexibility index (Phi) is 3.13. The number of carbonyl (C=O) groups is 1. The van der Waals surface area contributed by atoms with E-state index in [9.17, 15) is 9.18 Å². The van der Waals surface area contributed by atoms with Crippen LogP contribution in [-0.2, 0) is 11.3 Å². The van der Waals surface area contributed by atoms with Gasteiger partial charge >= 0.3 is 5.97 Å². The lowest BCUT2D eigenvalue weighted by Crippen LogP contribution is -2.06. The van der Waals surface area contributed by atoms with Gasteiger partial charge in [0, 0.05) is 0 Å². The molecule has 0 fully saturated rings. The minimum atomic E-state index is -0.594. The van der Waals surface area contributed by atoms with Crippen LogP contribution in [0.2, 0.25) is 0 Å². The molecule has 0 aliphatic carbocycles. The number of nitrogens with zero attached hydrogens (tertiary/aromatic N) is 3. The molecule has 5 nitrogen and oxygen atoms in total. The quantitative estimate of drug-likeness (QED) is 0.751. The molecule has 0 spiro atoms. The van der Waals surface area contributed by atoms with Gasteiger partial charge in [0.1, 0.15) is 12.1 Å². The van der Waals surface area contributed by atoms with Gasteiger partial charge in [-0.1, -0.05) is 12.1 Å². The molecule has 0 radical (unpaired) electrons. The van der Waals surface area contributed by atoms with E-state index in [1.807, 2.05) is 0 Å². The SMILES string of the molecule is COC(=O)c1ncn(Cc2cccc(F)c2)n1. The van der Waals surface area contributed by atoms with Crippen LogP contribution in [0.25, 0.3) is 0 Å². The van der Waals surface area contributed by atoms with E-state index in [1.54, 1.807) is 12.1 Å². The van der Waals surface area contributed by atoms with Gasteiger partial charge in [-0.05, 0) is 17.7 Å². The summed E-state index contributed by atoms with van der Waals surface area (Å²) in [5, 5.41) is 3.91. The van der Waals surface area contributed by atoms with Gasteiger partial charge in [-0.25, -0.2) is 18.9 Å². The van der Waals surface area contributed by atoms with Crippen LogP contribution in [-0.4, -0.2) is 27.8 Å². The zero-order valence-electron chi connectivity index (χ0n) is 9.13. The summed E-state index contributed by atoms with van der Waals surface area (Å²) < 4.78 is 18.9. The number of benzene rings is 1. The molecule has 1 aromatic carbocycles. The highest BCUT2D eigenvalue weighted by molar-refractivity contribution is 5.84. The molecule has 0 saturated carbocycles. The minimum absolute atomic E-state index is 0.0103. The number of hydrogen-bond acceptors (Lipinski definition) is 4. The lowest BCUT2D eigenvalue weighted by Gasteiger charge is -2.00. The van der Waals surface area contributed by atoms with Crippen molar-refractivity contribution < 1.29 is 13.9 Å². The van der Waals surface area contributed by atoms with Crippen molar-refractivity contribution in [2.24, 2.45) is 0 Å². The molecule has 0 amide bonds. The summed E-state index contributed by atoms with van der Waals surface area (Å²) in [7, 11) is 1.26. The van der Waals surface area contributed by atoms with Crippen LogP contribution in [0.15, 0.2) is 30.6 Å². The normalized spacial score (nSPS) is 10.2. The summed E-state index contributed by atoms with van der Waals surface area (Å²) in [4.78, 5) is 14.9. The van der Waals surface area contributed by atoms with E-state index in [0.717, 1.165) is 5.56 Å². The first-order valence-corrected chi connectivity index (χ1v) is 4.91. The Bertz CT molecular complexity index is 539. The summed E-state index contributed by atoms with van der Waals surface area (Å²) in [5.41, 5.74) is 0.742. The number of ether oxygens (including phenoxy) is 1. The summed E-state index contributed by atoms with van der Waals surface area (Å²) in [6.45, 7) is 0.349. The standard InChI is InChI=1S/C11H10FN3O2/c1-17-11(16)10-13-7-15(14-10)6-8-3-2-4-9(12)5-8/h2-5,7H,6H2,1H3. The first-order chi connectivity index (χ1) is 8.19. The third-order valence-corrected chi connectivity index (χ3v) is 2.14. The van der Waals surface area contributed by atoms with Crippen LogP contribution < -0.4 is 0 Å². The Morgan fingerprint density at radius 1 is 1.53 bits per heavy atom. The second-order valence-corrected chi connectivity index (χ2v) is 3.39. The van der Waals surface area contributed by atoms with Crippen LogP contribution >= 0.6 is 0 Å². The smallest absolute Gasteiger partial charge is 0.377 e. The predicted octanol–water partition coefficient (Wildman–Crippen LogP) is 1.25. The van der Waals surface area contributed by atoms with Crippen molar-refractivity contribution in [1.82, 2.24) is 14.8 Å². The average molecular weight is 235 g/mol. The predicted molar refractivity (Wildman–Crippen MR) is 56.9 cm³/mol. The highest BCUT2D eigenvalue weighted by atomic mass is 19.1. The van der Waals surface area contributed by atoms with E-state index in [0.29, 0.717) is 6.54 Å². The molecule has 0 saturated heterocycles. The summed E-state index contributed by atoms with van der Waals surface area (Å²) in [6.07, 6.45) is 1.40. The Hall–Kier alpha value is -2.24. The first-order valence-electron chi connectivity index (χ1n) is 4.91. The third-order valence-electron chi connectivity index (χ3n) is 2.14. The molecule has 1 aromatic heterocycles. The number of halogens is 1. The van der Waals surface area contributed by atoms with Crippen LogP contribution in [0, 0.1) is 5.82 Å². The molecule has 6 heteroatoms. The second kappa shape index (κ2) is 4.73. The van der Waals surface area contributed by atoms with Gasteiger partial charge in [0.05, 0.1) is 13.7 Å². The van der Waals surface area contributed by atoms with Crippen molar-refractivity contribution >= 4 is 5.97 Å². The maximum atomic E-state index is 12.9. The minimum Gasteiger partial charge on any atom is -0.463 e. The fraction of sp³-hybridized carbons (Fsp3) is 0.182. The van der Waals surface area contributed by atoms with Crippen LogP contribution in [0.3, 0.4) is 0 Å². The maximum Gasteiger partial charge on any atom is 0.377 e. The van der Waals surface area contributed by atoms with Gasteiger partial charge in [0.25, 0.3) is 5.82 Å². The van der Waals surface area contributed by atoms with E-state index in [-0.39, 0.29) is 11.6 Å². The molecular formula is C11H10FN3O2. The Labute approximate surface area is 96.9 Å². The highest BCUT2D eigenvalue weighted by Gasteiger charge is 2.11. The van der Waals surface area contributed by atoms with Crippen molar-refractivity contribution in [2.45, 2.75) is 6.54 Å². The number of esters is 1. The molecule has 1 heterocycles. The molecule has 0 unspecified atom stereocenters. The Morgan fingerprint density at radius 3 is 3.06 bits per heavy atom. The lowest BCUT2D eigenvalue weighted by molar-refractivity contribution is 0.0586. The lowest BCUT2D eigenvalue weighted by atomic mass is 10.2. The van der Waals surface area contributed by atoms with E-state index in [4.69, 9.17) is 0 Å². The van der Waals surface area contributed by atoms with Gasteiger partial charge in [-0.3, -0.25) is 0 Å². The molecule has 0 aliphatic rings. The van der Waals surface area contributed by atoms with Gasteiger partial charge in [-0.15, -0.1) is 5.10 Å². The number of methoxy groups -OCH3 is 1. The zero-order chi connectivity index (χ0) is 12.3. The van der Waals surface area contributed by atoms with Crippen molar-refractivity contribution in [3.05, 3.63) is 47.8 Å². The third kappa shape index (κ3) is 2.66. The van der Waals surface area contributed by atoms with E-state index in [2.05, 4.69) is 14.8 Å². The number of rotatable bonds is 3. The summed E-state index contributed by atoms with van der Waals surface area (Å²) in [6, 6.07) is 6.15. The zero-order valence-corrected chi connectivity index (χ0v) is 9.13. The highest BCUT2D eigenvalue weighted by Crippen LogP contribution is 2.05. The van der Waals surface area contributed by atoms with Crippen molar-refractivity contribution in [2.75, 3.05) is 7.11 Å². The molecule has 0 N–H and O–H groups in total. The second-order valence-electron chi connectivity index (χ2n) is 3.39. The van der Waals surface area contributed by atoms with Crippen LogP contribution in [0.5, 0.6) is 0 Å². The molecule has 0 aliphatic heterocycles. The van der Waals surface area contributed by atoms with E-state index in [1.165, 1.54) is 30.3 Å². The average Bonchev–Trinajstić information content (AvgIpc) is 2.76. The van der Waals surface area contributed by atoms with Gasteiger partial charge < -0.3 is 4.74 Å². The van der Waals surface area contributed by atoms with Crippen molar-refractivity contribution in [3.63, 3.8) is 0 Å². The monoisotopic (exact) mass is 235 g/mol. The molecule has 2 rings (SSSR count). The topological polar surface area (TPSA) is 57.0 Å². The summed E-state index contributed by atoms with van der Waals surface area (Å²) in [5.74, 6) is -0.914. The summed E-state index contributed by atoms with van der Waals surface area (Å²) >= 11 is 0. The fourth-order valence-corrected chi connectivity index (χ4v) is 1.38. The molecule has 2 aromatic rings. The largest absolute Gasteiger partial charge is 0.463 e. The van der Waals surface area contributed by atoms with Gasteiger partial charge in [0.15, 0.2) is 0 Å². The van der Waals surface area contributed by atoms with Gasteiger partial charge in [-0.2, -0.15) is 0 Å². The molecule has 0 bridgehead atoms. The first kappa shape index (κ1) is 11.3. The molecular weight excluding hydrogens is 225 g/mol. The molecule has 0 atom stereocenters. The Balaban J connectivity index is 2.14. The van der Waals surface area contributed by atoms with Crippen molar-refractivity contribution in [3.8, 4) is 0 Å². The Morgan fingerprint density at radius 2 is 2.35 bits per heavy atom. The van der Waals surface area contributed by atoms with Gasteiger partial charge in [0.2, 0.25) is 0 Å². The maximum absolute atomic E-state index is 12.9. The van der Waals surface area contributed by atoms with E-state index >= 15 is 0 Å².